The van der Waals surface area contributed by atoms with Gasteiger partial charge in [0.25, 0.3) is 0 Å². The summed E-state index contributed by atoms with van der Waals surface area (Å²) in [7, 11) is 1.26. The number of amides is 6. The number of para-hydroxylation sites is 1. The molecule has 0 saturated carbocycles. The summed E-state index contributed by atoms with van der Waals surface area (Å²) in [6.45, 7) is 5.86. The molecule has 0 aliphatic carbocycles. The first kappa shape index (κ1) is 42.2. The lowest BCUT2D eigenvalue weighted by Gasteiger charge is -2.28. The van der Waals surface area contributed by atoms with E-state index in [4.69, 9.17) is 5.73 Å². The quantitative estimate of drug-likeness (QED) is 0.0746. The van der Waals surface area contributed by atoms with Crippen LogP contribution in [0.25, 0.3) is 10.9 Å². The molecule has 1 heterocycles. The summed E-state index contributed by atoms with van der Waals surface area (Å²) in [5, 5.41) is 22.6. The predicted molar refractivity (Wildman–Crippen MR) is 192 cm³/mol. The average molecular weight is 714 g/mol. The summed E-state index contributed by atoms with van der Waals surface area (Å²) in [5.41, 5.74) is 6.84. The van der Waals surface area contributed by atoms with E-state index in [9.17, 15) is 38.7 Å². The Morgan fingerprint density at radius 3 is 1.96 bits per heavy atom. The maximum Gasteiger partial charge on any atom is 0.305 e. The number of nitrogens with one attached hydrogen (secondary N) is 6. The van der Waals surface area contributed by atoms with Gasteiger partial charge in [-0.3, -0.25) is 33.6 Å². The van der Waals surface area contributed by atoms with Crippen LogP contribution in [0.1, 0.15) is 97.0 Å². The van der Waals surface area contributed by atoms with Gasteiger partial charge in [0, 0.05) is 37.0 Å². The van der Waals surface area contributed by atoms with Crippen LogP contribution in [0, 0.1) is 5.92 Å². The minimum atomic E-state index is -1.61. The van der Waals surface area contributed by atoms with Crippen LogP contribution in [0.2, 0.25) is 0 Å². The summed E-state index contributed by atoms with van der Waals surface area (Å²) in [6, 6.07) is 1.98. The zero-order valence-electron chi connectivity index (χ0n) is 30.1. The van der Waals surface area contributed by atoms with Gasteiger partial charge in [0.05, 0.1) is 12.8 Å². The van der Waals surface area contributed by atoms with Crippen LogP contribution in [0.4, 0.5) is 0 Å². The molecule has 51 heavy (non-hydrogen) atoms. The monoisotopic (exact) mass is 713 g/mol. The molecule has 0 aliphatic rings. The number of carbonyl (C=O) groups is 7. The number of primary amides is 1. The van der Waals surface area contributed by atoms with E-state index in [1.165, 1.54) is 19.9 Å². The second-order valence-corrected chi connectivity index (χ2v) is 12.9. The van der Waals surface area contributed by atoms with E-state index in [0.29, 0.717) is 18.4 Å². The Bertz CT molecular complexity index is 1490. The highest BCUT2D eigenvalue weighted by atomic mass is 16.4. The van der Waals surface area contributed by atoms with Crippen LogP contribution in [0.5, 0.6) is 0 Å². The molecule has 15 nitrogen and oxygen atoms in total. The lowest BCUT2D eigenvalue weighted by atomic mass is 9.96. The number of benzene rings is 1. The molecule has 9 N–H and O–H groups in total. The third-order valence-corrected chi connectivity index (χ3v) is 8.85. The van der Waals surface area contributed by atoms with E-state index < -0.39 is 72.5 Å². The highest BCUT2D eigenvalue weighted by Crippen LogP contribution is 2.20. The first-order valence-corrected chi connectivity index (χ1v) is 17.8. The summed E-state index contributed by atoms with van der Waals surface area (Å²) in [5.74, 6) is -6.16. The minimum absolute atomic E-state index is 0.0361. The van der Waals surface area contributed by atoms with Crippen LogP contribution >= 0.6 is 0 Å². The van der Waals surface area contributed by atoms with E-state index in [-0.39, 0.29) is 24.7 Å². The Morgan fingerprint density at radius 1 is 0.765 bits per heavy atom. The van der Waals surface area contributed by atoms with E-state index >= 15 is 0 Å². The van der Waals surface area contributed by atoms with Crippen molar-refractivity contribution in [1.82, 2.24) is 31.6 Å². The van der Waals surface area contributed by atoms with Gasteiger partial charge < -0.3 is 42.4 Å². The van der Waals surface area contributed by atoms with Crippen molar-refractivity contribution in [3.63, 3.8) is 0 Å². The molecule has 1 aromatic heterocycles. The van der Waals surface area contributed by atoms with Crippen molar-refractivity contribution >= 4 is 52.3 Å². The van der Waals surface area contributed by atoms with Gasteiger partial charge in [-0.05, 0) is 24.0 Å². The van der Waals surface area contributed by atoms with Crippen LogP contribution in [0.3, 0.4) is 0 Å². The number of aliphatic carboxylic acids is 1. The van der Waals surface area contributed by atoms with Crippen molar-refractivity contribution in [2.45, 2.75) is 122 Å². The first-order valence-electron chi connectivity index (χ1n) is 17.8. The molecular formula is C36H55N7O8. The number of unbranched alkanes of at least 4 members (excludes halogenated alkanes) is 6. The molecular weight excluding hydrogens is 658 g/mol. The average Bonchev–Trinajstić information content (AvgIpc) is 3.50. The zero-order valence-corrected chi connectivity index (χ0v) is 30.1. The second-order valence-electron chi connectivity index (χ2n) is 12.9. The summed E-state index contributed by atoms with van der Waals surface area (Å²) < 4.78 is 0. The number of nitrogens with two attached hydrogens (primary N) is 1. The molecule has 0 fully saturated rings. The molecule has 0 aliphatic heterocycles. The van der Waals surface area contributed by atoms with E-state index in [1.54, 1.807) is 6.20 Å². The Hall–Kier alpha value is -4.95. The number of H-pyrrole nitrogens is 1. The van der Waals surface area contributed by atoms with E-state index in [1.807, 2.05) is 38.1 Å². The fraction of sp³-hybridized carbons (Fsp3) is 0.583. The number of carboxylic acids is 1. The fourth-order valence-electron chi connectivity index (χ4n) is 5.69. The number of aromatic nitrogens is 1. The molecule has 2 rings (SSSR count). The molecule has 15 heteroatoms. The smallest absolute Gasteiger partial charge is 0.305 e. The molecule has 282 valence electrons. The maximum absolute atomic E-state index is 13.9. The fourth-order valence-corrected chi connectivity index (χ4v) is 5.69. The van der Waals surface area contributed by atoms with Crippen molar-refractivity contribution in [3.05, 3.63) is 36.0 Å². The van der Waals surface area contributed by atoms with Gasteiger partial charge in [0.2, 0.25) is 35.4 Å². The zero-order chi connectivity index (χ0) is 37.9. The van der Waals surface area contributed by atoms with Crippen molar-refractivity contribution in [3.8, 4) is 0 Å². The Balaban J connectivity index is 2.31. The highest BCUT2D eigenvalue weighted by molar-refractivity contribution is 5.98. The number of carbonyl (C=O) groups excluding carboxylic acids is 6. The Labute approximate surface area is 299 Å². The topological polar surface area (TPSA) is 242 Å². The third kappa shape index (κ3) is 14.4. The molecule has 0 bridgehead atoms. The van der Waals surface area contributed by atoms with Gasteiger partial charge in [0.1, 0.15) is 24.2 Å². The van der Waals surface area contributed by atoms with Crippen LogP contribution in [-0.4, -0.2) is 82.7 Å². The first-order chi connectivity index (χ1) is 24.3. The molecule has 0 saturated heterocycles. The Kier molecular flexibility index (Phi) is 18.2. The van der Waals surface area contributed by atoms with Crippen LogP contribution in [-0.2, 0) is 40.0 Å². The predicted octanol–water partition coefficient (Wildman–Crippen LogP) is 1.93. The molecule has 0 radical (unpaired) electrons. The lowest BCUT2D eigenvalue weighted by Crippen LogP contribution is -2.60. The number of hydrogen-bond donors (Lipinski definition) is 8. The highest BCUT2D eigenvalue weighted by Gasteiger charge is 2.34. The van der Waals surface area contributed by atoms with Gasteiger partial charge in [-0.2, -0.15) is 0 Å². The standard InChI is InChI=1S/C36H55N7O8/c1-5-7-8-9-10-11-12-17-30(45)43-32(22(3)6-2)36(51)42-26(18-23-21-39-25-16-14-13-15-24(23)25)34(49)40-27(19-29(37)44)35(50)41-28(20-31(46)47)33(48)38-4/h13-16,21-22,26-28,32,39H,5-12,17-20H2,1-4H3,(H2,37,44)(H,38,48)(H,40,49)(H,41,50)(H,42,51)(H,43,45)(H,46,47). The number of aromatic amines is 1. The third-order valence-electron chi connectivity index (χ3n) is 8.85. The lowest BCUT2D eigenvalue weighted by molar-refractivity contribution is -0.141. The van der Waals surface area contributed by atoms with Crippen molar-refractivity contribution in [2.75, 3.05) is 7.05 Å². The summed E-state index contributed by atoms with van der Waals surface area (Å²) in [6.07, 6.45) is 8.30. The van der Waals surface area contributed by atoms with Crippen LogP contribution < -0.4 is 32.3 Å². The Morgan fingerprint density at radius 2 is 1.35 bits per heavy atom. The number of fused-ring (bicyclic) bond motifs is 1. The molecule has 5 atom stereocenters. The van der Waals surface area contributed by atoms with E-state index in [2.05, 4.69) is 38.5 Å². The van der Waals surface area contributed by atoms with Gasteiger partial charge >= 0.3 is 5.97 Å². The van der Waals surface area contributed by atoms with Gasteiger partial charge in [-0.1, -0.05) is 83.9 Å². The van der Waals surface area contributed by atoms with Gasteiger partial charge in [0.15, 0.2) is 0 Å². The normalized spacial score (nSPS) is 14.0. The van der Waals surface area contributed by atoms with E-state index in [0.717, 1.165) is 36.6 Å². The number of hydrogen-bond acceptors (Lipinski definition) is 7. The minimum Gasteiger partial charge on any atom is -0.481 e. The van der Waals surface area contributed by atoms with Crippen molar-refractivity contribution in [1.29, 1.82) is 0 Å². The maximum atomic E-state index is 13.9. The molecule has 5 unspecified atom stereocenters. The summed E-state index contributed by atoms with van der Waals surface area (Å²) >= 11 is 0. The van der Waals surface area contributed by atoms with Gasteiger partial charge in [-0.25, -0.2) is 0 Å². The number of rotatable bonds is 24. The second kappa shape index (κ2) is 22.0. The SMILES string of the molecule is CCCCCCCCCC(=O)NC(C(=O)NC(Cc1c[nH]c2ccccc12)C(=O)NC(CC(N)=O)C(=O)NC(CC(=O)O)C(=O)NC)C(C)CC. The molecule has 1 aromatic carbocycles. The largest absolute Gasteiger partial charge is 0.481 e. The van der Waals surface area contributed by atoms with Crippen molar-refractivity contribution < 1.29 is 38.7 Å². The molecule has 6 amide bonds. The summed E-state index contributed by atoms with van der Waals surface area (Å²) in [4.78, 5) is 92.6. The molecule has 2 aromatic rings. The molecule has 0 spiro atoms. The number of carboxylic acid groups (broad SMARTS) is 1. The number of likely N-dealkylation sites (N-methyl/N-ethyl adjacent to an activating group) is 1. The van der Waals surface area contributed by atoms with Crippen molar-refractivity contribution in [2.24, 2.45) is 11.7 Å². The van der Waals surface area contributed by atoms with Crippen LogP contribution in [0.15, 0.2) is 30.5 Å². The van der Waals surface area contributed by atoms with Gasteiger partial charge in [-0.15, -0.1) is 0 Å².